The average Bonchev–Trinajstić information content (AvgIpc) is 3.02. The number of nitrogens with zero attached hydrogens (tertiary/aromatic N) is 3. The number of aliphatic imine (C=N–C) groups is 1. The summed E-state index contributed by atoms with van der Waals surface area (Å²) in [7, 11) is 1.69. The molecule has 0 bridgehead atoms. The number of hydroxylamine groups is 1. The van der Waals surface area contributed by atoms with E-state index in [1.165, 1.54) is 6.07 Å². The van der Waals surface area contributed by atoms with Crippen molar-refractivity contribution in [3.63, 3.8) is 0 Å². The van der Waals surface area contributed by atoms with Crippen LogP contribution in [-0.2, 0) is 16.6 Å². The van der Waals surface area contributed by atoms with Gasteiger partial charge in [-0.15, -0.1) is 0 Å². The number of nitriles is 1. The fraction of sp³-hybridized carbons (Fsp3) is 0.235. The first-order chi connectivity index (χ1) is 11.7. The van der Waals surface area contributed by atoms with Gasteiger partial charge in [-0.25, -0.2) is 10.3 Å². The number of ether oxygens (including phenoxy) is 1. The molecule has 0 spiro atoms. The minimum absolute atomic E-state index is 0.0739. The SMILES string of the molecule is Cn1cc(C#N)cc1C(=O)OC[C@@H]1CN=C(c2ccccc2)NO1. The molecule has 24 heavy (non-hydrogen) atoms. The van der Waals surface area contributed by atoms with Gasteiger partial charge >= 0.3 is 5.97 Å². The Hall–Kier alpha value is -3.11. The first kappa shape index (κ1) is 15.8. The summed E-state index contributed by atoms with van der Waals surface area (Å²) < 4.78 is 6.81. The van der Waals surface area contributed by atoms with E-state index in [1.807, 2.05) is 36.4 Å². The number of aryl methyl sites for hydroxylation is 1. The number of hydrogen-bond donors (Lipinski definition) is 1. The lowest BCUT2D eigenvalue weighted by molar-refractivity contribution is -0.0352. The van der Waals surface area contributed by atoms with E-state index in [2.05, 4.69) is 10.5 Å². The summed E-state index contributed by atoms with van der Waals surface area (Å²) in [4.78, 5) is 21.9. The average molecular weight is 324 g/mol. The van der Waals surface area contributed by atoms with E-state index in [-0.39, 0.29) is 12.7 Å². The molecular formula is C17H16N4O3. The second kappa shape index (κ2) is 6.98. The van der Waals surface area contributed by atoms with Crippen LogP contribution >= 0.6 is 0 Å². The van der Waals surface area contributed by atoms with Crippen LogP contribution in [0.15, 0.2) is 47.6 Å². The van der Waals surface area contributed by atoms with Crippen LogP contribution < -0.4 is 5.48 Å². The highest BCUT2D eigenvalue weighted by Gasteiger charge is 2.20. The summed E-state index contributed by atoms with van der Waals surface area (Å²) in [5, 5.41) is 8.85. The monoisotopic (exact) mass is 324 g/mol. The summed E-state index contributed by atoms with van der Waals surface area (Å²) in [6, 6.07) is 13.1. The summed E-state index contributed by atoms with van der Waals surface area (Å²) in [5.74, 6) is 0.153. The molecule has 0 saturated carbocycles. The number of carbonyl (C=O) groups is 1. The predicted molar refractivity (Wildman–Crippen MR) is 86.3 cm³/mol. The largest absolute Gasteiger partial charge is 0.458 e. The number of esters is 1. The molecule has 7 nitrogen and oxygen atoms in total. The molecule has 0 unspecified atom stereocenters. The molecule has 0 radical (unpaired) electrons. The zero-order valence-electron chi connectivity index (χ0n) is 13.1. The molecule has 7 heteroatoms. The Balaban J connectivity index is 1.55. The van der Waals surface area contributed by atoms with E-state index in [0.717, 1.165) is 5.56 Å². The van der Waals surface area contributed by atoms with Crippen LogP contribution in [-0.4, -0.2) is 35.6 Å². The van der Waals surface area contributed by atoms with Crippen molar-refractivity contribution in [1.29, 1.82) is 5.26 Å². The molecule has 0 aliphatic carbocycles. The van der Waals surface area contributed by atoms with Gasteiger partial charge in [-0.1, -0.05) is 30.3 Å². The van der Waals surface area contributed by atoms with Gasteiger partial charge < -0.3 is 9.30 Å². The lowest BCUT2D eigenvalue weighted by Gasteiger charge is -2.22. The summed E-state index contributed by atoms with van der Waals surface area (Å²) >= 11 is 0. The Kier molecular flexibility index (Phi) is 4.59. The van der Waals surface area contributed by atoms with Crippen molar-refractivity contribution in [2.45, 2.75) is 6.10 Å². The van der Waals surface area contributed by atoms with Crippen LogP contribution in [0.3, 0.4) is 0 Å². The topological polar surface area (TPSA) is 88.6 Å². The molecular weight excluding hydrogens is 308 g/mol. The van der Waals surface area contributed by atoms with Crippen molar-refractivity contribution >= 4 is 11.8 Å². The second-order valence-electron chi connectivity index (χ2n) is 5.33. The maximum Gasteiger partial charge on any atom is 0.355 e. The van der Waals surface area contributed by atoms with Gasteiger partial charge in [0.15, 0.2) is 5.84 Å². The molecule has 1 aromatic carbocycles. The minimum atomic E-state index is -0.500. The van der Waals surface area contributed by atoms with Crippen molar-refractivity contribution in [3.05, 3.63) is 59.4 Å². The summed E-state index contributed by atoms with van der Waals surface area (Å²) in [6.45, 7) is 0.464. The van der Waals surface area contributed by atoms with Crippen LogP contribution in [0.4, 0.5) is 0 Å². The smallest absolute Gasteiger partial charge is 0.355 e. The van der Waals surface area contributed by atoms with Gasteiger partial charge in [-0.3, -0.25) is 9.83 Å². The van der Waals surface area contributed by atoms with E-state index in [0.29, 0.717) is 23.6 Å². The number of carbonyl (C=O) groups excluding carboxylic acids is 1. The van der Waals surface area contributed by atoms with E-state index in [4.69, 9.17) is 14.8 Å². The molecule has 3 rings (SSSR count). The van der Waals surface area contributed by atoms with Crippen LogP contribution in [0.5, 0.6) is 0 Å². The highest BCUT2D eigenvalue weighted by molar-refractivity contribution is 5.98. The van der Waals surface area contributed by atoms with Crippen LogP contribution in [0.1, 0.15) is 21.6 Å². The Morgan fingerprint density at radius 3 is 2.92 bits per heavy atom. The number of hydrogen-bond acceptors (Lipinski definition) is 6. The van der Waals surface area contributed by atoms with Crippen molar-refractivity contribution in [2.75, 3.05) is 13.2 Å². The van der Waals surface area contributed by atoms with Crippen LogP contribution in [0, 0.1) is 11.3 Å². The maximum atomic E-state index is 12.1. The number of rotatable bonds is 4. The molecule has 1 aliphatic heterocycles. The third-order valence-corrected chi connectivity index (χ3v) is 3.57. The molecule has 2 aromatic rings. The van der Waals surface area contributed by atoms with Gasteiger partial charge in [0.25, 0.3) is 0 Å². The van der Waals surface area contributed by atoms with Gasteiger partial charge in [0.2, 0.25) is 0 Å². The van der Waals surface area contributed by atoms with E-state index >= 15 is 0 Å². The zero-order chi connectivity index (χ0) is 16.9. The normalized spacial score (nSPS) is 16.7. The third kappa shape index (κ3) is 3.45. The van der Waals surface area contributed by atoms with Gasteiger partial charge in [-0.05, 0) is 6.07 Å². The van der Waals surface area contributed by atoms with E-state index in [9.17, 15) is 4.79 Å². The first-order valence-electron chi connectivity index (χ1n) is 7.42. The Labute approximate surface area is 139 Å². The van der Waals surface area contributed by atoms with Crippen LogP contribution in [0.25, 0.3) is 0 Å². The lowest BCUT2D eigenvalue weighted by atomic mass is 10.2. The molecule has 1 aliphatic rings. The van der Waals surface area contributed by atoms with Crippen molar-refractivity contribution in [2.24, 2.45) is 12.0 Å². The molecule has 1 atom stereocenters. The second-order valence-corrected chi connectivity index (χ2v) is 5.33. The van der Waals surface area contributed by atoms with Crippen molar-refractivity contribution in [3.8, 4) is 6.07 Å². The van der Waals surface area contributed by atoms with Gasteiger partial charge in [-0.2, -0.15) is 5.26 Å². The van der Waals surface area contributed by atoms with Gasteiger partial charge in [0.05, 0.1) is 12.1 Å². The van der Waals surface area contributed by atoms with Crippen molar-refractivity contribution < 1.29 is 14.4 Å². The zero-order valence-corrected chi connectivity index (χ0v) is 13.1. The molecule has 1 aromatic heterocycles. The quantitative estimate of drug-likeness (QED) is 0.859. The molecule has 2 heterocycles. The molecule has 0 amide bonds. The predicted octanol–water partition coefficient (Wildman–Crippen LogP) is 1.40. The summed E-state index contributed by atoms with van der Waals surface area (Å²) in [5.41, 5.74) is 4.45. The standard InChI is InChI=1S/C17H16N4O3/c1-21-10-12(8-18)7-15(21)17(22)23-11-14-9-19-16(20-24-14)13-5-3-2-4-6-13/h2-7,10,14H,9,11H2,1H3,(H,19,20)/t14-/m0/s1. The van der Waals surface area contributed by atoms with Crippen LogP contribution in [0.2, 0.25) is 0 Å². The molecule has 1 N–H and O–H groups in total. The Morgan fingerprint density at radius 2 is 2.29 bits per heavy atom. The van der Waals surface area contributed by atoms with Crippen molar-refractivity contribution in [1.82, 2.24) is 10.0 Å². The van der Waals surface area contributed by atoms with E-state index < -0.39 is 5.97 Å². The fourth-order valence-electron chi connectivity index (χ4n) is 2.31. The Morgan fingerprint density at radius 1 is 1.50 bits per heavy atom. The van der Waals surface area contributed by atoms with E-state index in [1.54, 1.807) is 17.8 Å². The highest BCUT2D eigenvalue weighted by atomic mass is 16.7. The lowest BCUT2D eigenvalue weighted by Crippen LogP contribution is -2.40. The molecule has 122 valence electrons. The summed E-state index contributed by atoms with van der Waals surface area (Å²) in [6.07, 6.45) is 1.21. The van der Waals surface area contributed by atoms with Gasteiger partial charge in [0, 0.05) is 18.8 Å². The number of nitrogens with one attached hydrogen (secondary N) is 1. The highest BCUT2D eigenvalue weighted by Crippen LogP contribution is 2.10. The Bertz CT molecular complexity index is 805. The third-order valence-electron chi connectivity index (χ3n) is 3.57. The van der Waals surface area contributed by atoms with Gasteiger partial charge in [0.1, 0.15) is 24.5 Å². The number of amidine groups is 1. The minimum Gasteiger partial charge on any atom is -0.458 e. The molecule has 0 fully saturated rings. The molecule has 0 saturated heterocycles. The maximum absolute atomic E-state index is 12.1. The first-order valence-corrected chi connectivity index (χ1v) is 7.42. The number of benzene rings is 1. The number of aromatic nitrogens is 1. The fourth-order valence-corrected chi connectivity index (χ4v) is 2.31.